The number of carbonyl (C=O) groups is 1. The SMILES string of the molecule is CCCCn1c(C(=O)NC)cc2cc(F)c(F)cc2c1=O. The number of benzene rings is 1. The first-order valence-electron chi connectivity index (χ1n) is 6.74. The average Bonchev–Trinajstić information content (AvgIpc) is 2.47. The van der Waals surface area contributed by atoms with Crippen molar-refractivity contribution in [3.63, 3.8) is 0 Å². The number of amides is 1. The first-order chi connectivity index (χ1) is 9.99. The van der Waals surface area contributed by atoms with E-state index in [-0.39, 0.29) is 16.5 Å². The highest BCUT2D eigenvalue weighted by Crippen LogP contribution is 2.17. The van der Waals surface area contributed by atoms with Crippen molar-refractivity contribution >= 4 is 16.7 Å². The van der Waals surface area contributed by atoms with Crippen LogP contribution in [0.2, 0.25) is 0 Å². The van der Waals surface area contributed by atoms with E-state index in [0.717, 1.165) is 18.6 Å². The van der Waals surface area contributed by atoms with Crippen molar-refractivity contribution in [2.24, 2.45) is 0 Å². The van der Waals surface area contributed by atoms with Crippen LogP contribution in [0.4, 0.5) is 8.78 Å². The predicted molar refractivity (Wildman–Crippen MR) is 76.4 cm³/mol. The van der Waals surface area contributed by atoms with E-state index >= 15 is 0 Å². The highest BCUT2D eigenvalue weighted by molar-refractivity contribution is 5.96. The van der Waals surface area contributed by atoms with Crippen molar-refractivity contribution in [1.82, 2.24) is 9.88 Å². The second-order valence-electron chi connectivity index (χ2n) is 4.77. The molecule has 4 nitrogen and oxygen atoms in total. The van der Waals surface area contributed by atoms with Crippen LogP contribution in [0.5, 0.6) is 0 Å². The van der Waals surface area contributed by atoms with Gasteiger partial charge in [0, 0.05) is 13.6 Å². The van der Waals surface area contributed by atoms with Gasteiger partial charge in [0.15, 0.2) is 11.6 Å². The van der Waals surface area contributed by atoms with Crippen molar-refractivity contribution in [3.05, 3.63) is 45.9 Å². The van der Waals surface area contributed by atoms with Crippen LogP contribution in [0.15, 0.2) is 23.0 Å². The maximum Gasteiger partial charge on any atom is 0.267 e. The number of aromatic nitrogens is 1. The number of nitrogens with zero attached hydrogens (tertiary/aromatic N) is 1. The number of pyridine rings is 1. The summed E-state index contributed by atoms with van der Waals surface area (Å²) in [6.45, 7) is 2.31. The molecule has 0 unspecified atom stereocenters. The van der Waals surface area contributed by atoms with E-state index in [4.69, 9.17) is 0 Å². The lowest BCUT2D eigenvalue weighted by molar-refractivity contribution is 0.0952. The van der Waals surface area contributed by atoms with Crippen LogP contribution < -0.4 is 10.9 Å². The Balaban J connectivity index is 2.77. The topological polar surface area (TPSA) is 51.1 Å². The van der Waals surface area contributed by atoms with Gasteiger partial charge in [-0.1, -0.05) is 13.3 Å². The van der Waals surface area contributed by atoms with Crippen molar-refractivity contribution < 1.29 is 13.6 Å². The van der Waals surface area contributed by atoms with Gasteiger partial charge in [-0.2, -0.15) is 0 Å². The number of hydrogen-bond acceptors (Lipinski definition) is 2. The number of halogens is 2. The molecule has 1 amide bonds. The maximum atomic E-state index is 13.3. The Kier molecular flexibility index (Phi) is 4.35. The zero-order chi connectivity index (χ0) is 15.6. The van der Waals surface area contributed by atoms with E-state index in [1.165, 1.54) is 17.7 Å². The third-order valence-electron chi connectivity index (χ3n) is 3.35. The third-order valence-corrected chi connectivity index (χ3v) is 3.35. The van der Waals surface area contributed by atoms with Crippen LogP contribution in [0.25, 0.3) is 10.8 Å². The highest BCUT2D eigenvalue weighted by atomic mass is 19.2. The van der Waals surface area contributed by atoms with Crippen molar-refractivity contribution in [2.45, 2.75) is 26.3 Å². The summed E-state index contributed by atoms with van der Waals surface area (Å²) in [4.78, 5) is 24.3. The molecule has 0 atom stereocenters. The van der Waals surface area contributed by atoms with E-state index < -0.39 is 23.1 Å². The van der Waals surface area contributed by atoms with Crippen molar-refractivity contribution in [1.29, 1.82) is 0 Å². The third kappa shape index (κ3) is 2.79. The lowest BCUT2D eigenvalue weighted by Crippen LogP contribution is -2.31. The minimum absolute atomic E-state index is 0.0673. The number of unbranched alkanes of at least 4 members (excludes halogenated alkanes) is 1. The summed E-state index contributed by atoms with van der Waals surface area (Å²) in [5.41, 5.74) is -0.340. The summed E-state index contributed by atoms with van der Waals surface area (Å²) in [5, 5.41) is 2.73. The van der Waals surface area contributed by atoms with Gasteiger partial charge in [0.1, 0.15) is 5.69 Å². The quantitative estimate of drug-likeness (QED) is 0.941. The summed E-state index contributed by atoms with van der Waals surface area (Å²) in [6.07, 6.45) is 1.55. The molecule has 0 spiro atoms. The van der Waals surface area contributed by atoms with E-state index in [1.807, 2.05) is 6.92 Å². The average molecular weight is 294 g/mol. The molecule has 0 aliphatic heterocycles. The standard InChI is InChI=1S/C15H16F2N2O2/c1-3-4-5-19-13(14(20)18-2)7-9-6-11(16)12(17)8-10(9)15(19)21/h6-8H,3-5H2,1-2H3,(H,18,20). The smallest absolute Gasteiger partial charge is 0.267 e. The van der Waals surface area contributed by atoms with Gasteiger partial charge in [-0.3, -0.25) is 9.59 Å². The molecule has 0 aliphatic carbocycles. The molecule has 1 heterocycles. The molecule has 1 aromatic heterocycles. The summed E-state index contributed by atoms with van der Waals surface area (Å²) in [6, 6.07) is 3.22. The number of carbonyl (C=O) groups excluding carboxylic acids is 1. The molecule has 2 rings (SSSR count). The van der Waals surface area contributed by atoms with E-state index in [9.17, 15) is 18.4 Å². The van der Waals surface area contributed by atoms with Gasteiger partial charge in [-0.25, -0.2) is 8.78 Å². The van der Waals surface area contributed by atoms with Crippen LogP contribution in [-0.2, 0) is 6.54 Å². The van der Waals surface area contributed by atoms with Gasteiger partial charge in [0.25, 0.3) is 11.5 Å². The largest absolute Gasteiger partial charge is 0.354 e. The number of nitrogens with one attached hydrogen (secondary N) is 1. The highest BCUT2D eigenvalue weighted by Gasteiger charge is 2.16. The first-order valence-corrected chi connectivity index (χ1v) is 6.74. The molecule has 1 aromatic carbocycles. The maximum absolute atomic E-state index is 13.3. The van der Waals surface area contributed by atoms with Crippen molar-refractivity contribution in [3.8, 4) is 0 Å². The summed E-state index contributed by atoms with van der Waals surface area (Å²) in [5.74, 6) is -2.56. The Labute approximate surface area is 120 Å². The minimum Gasteiger partial charge on any atom is -0.354 e. The molecule has 0 radical (unpaired) electrons. The predicted octanol–water partition coefficient (Wildman–Crippen LogP) is 2.44. The van der Waals surface area contributed by atoms with Crippen LogP contribution in [0, 0.1) is 11.6 Å². The van der Waals surface area contributed by atoms with Gasteiger partial charge in [0.2, 0.25) is 0 Å². The Bertz CT molecular complexity index is 753. The van der Waals surface area contributed by atoms with Gasteiger partial charge < -0.3 is 9.88 Å². The van der Waals surface area contributed by atoms with Crippen LogP contribution in [0.3, 0.4) is 0 Å². The molecule has 0 aliphatic rings. The second kappa shape index (κ2) is 6.03. The number of hydrogen-bond donors (Lipinski definition) is 1. The number of rotatable bonds is 4. The Morgan fingerprint density at radius 3 is 2.52 bits per heavy atom. The van der Waals surface area contributed by atoms with Gasteiger partial charge in [-0.15, -0.1) is 0 Å². The van der Waals surface area contributed by atoms with Crippen LogP contribution in [-0.4, -0.2) is 17.5 Å². The fourth-order valence-corrected chi connectivity index (χ4v) is 2.20. The first kappa shape index (κ1) is 15.2. The zero-order valence-corrected chi connectivity index (χ0v) is 11.9. The molecule has 2 aromatic rings. The molecule has 0 fully saturated rings. The summed E-state index contributed by atoms with van der Waals surface area (Å²) >= 11 is 0. The Morgan fingerprint density at radius 2 is 1.90 bits per heavy atom. The van der Waals surface area contributed by atoms with E-state index in [0.29, 0.717) is 13.0 Å². The molecule has 1 N–H and O–H groups in total. The monoisotopic (exact) mass is 294 g/mol. The summed E-state index contributed by atoms with van der Waals surface area (Å²) in [7, 11) is 1.45. The number of fused-ring (bicyclic) bond motifs is 1. The van der Waals surface area contributed by atoms with Gasteiger partial charge in [-0.05, 0) is 30.0 Å². The van der Waals surface area contributed by atoms with E-state index in [1.54, 1.807) is 0 Å². The van der Waals surface area contributed by atoms with Gasteiger partial charge in [0.05, 0.1) is 5.39 Å². The molecular weight excluding hydrogens is 278 g/mol. The lowest BCUT2D eigenvalue weighted by atomic mass is 10.1. The second-order valence-corrected chi connectivity index (χ2v) is 4.77. The molecule has 21 heavy (non-hydrogen) atoms. The minimum atomic E-state index is -1.07. The lowest BCUT2D eigenvalue weighted by Gasteiger charge is -2.13. The molecule has 0 saturated heterocycles. The zero-order valence-electron chi connectivity index (χ0n) is 11.9. The van der Waals surface area contributed by atoms with Crippen molar-refractivity contribution in [2.75, 3.05) is 7.05 Å². The van der Waals surface area contributed by atoms with Gasteiger partial charge >= 0.3 is 0 Å². The Hall–Kier alpha value is -2.24. The van der Waals surface area contributed by atoms with Crippen LogP contribution in [0.1, 0.15) is 30.3 Å². The Morgan fingerprint density at radius 1 is 1.24 bits per heavy atom. The van der Waals surface area contributed by atoms with Crippen LogP contribution >= 0.6 is 0 Å². The van der Waals surface area contributed by atoms with E-state index in [2.05, 4.69) is 5.32 Å². The summed E-state index contributed by atoms with van der Waals surface area (Å²) < 4.78 is 28.0. The molecule has 112 valence electrons. The molecular formula is C15H16F2N2O2. The fraction of sp³-hybridized carbons (Fsp3) is 0.333. The fourth-order valence-electron chi connectivity index (χ4n) is 2.20. The molecule has 0 bridgehead atoms. The normalized spacial score (nSPS) is 10.9. The molecule has 6 heteroatoms. The molecule has 0 saturated carbocycles.